The first-order valence-corrected chi connectivity index (χ1v) is 12.7. The number of morpholine rings is 1. The first kappa shape index (κ1) is 21.7. The van der Waals surface area contributed by atoms with Crippen LogP contribution < -0.4 is 4.90 Å². The number of rotatable bonds is 4. The highest BCUT2D eigenvalue weighted by Crippen LogP contribution is 2.40. The number of hydrogen-bond acceptors (Lipinski definition) is 8. The van der Waals surface area contributed by atoms with Gasteiger partial charge in [-0.1, -0.05) is 0 Å². The fraction of sp³-hybridized carbons (Fsp3) is 0.500. The maximum absolute atomic E-state index is 6.04. The lowest BCUT2D eigenvalue weighted by Gasteiger charge is -2.34. The van der Waals surface area contributed by atoms with E-state index < -0.39 is 0 Å². The predicted molar refractivity (Wildman–Crippen MR) is 132 cm³/mol. The van der Waals surface area contributed by atoms with Crippen LogP contribution in [0.2, 0.25) is 0 Å². The molecule has 4 aromatic rings. The summed E-state index contributed by atoms with van der Waals surface area (Å²) in [5.41, 5.74) is 6.04. The Bertz CT molecular complexity index is 1300. The van der Waals surface area contributed by atoms with Crippen molar-refractivity contribution in [2.45, 2.75) is 45.4 Å². The van der Waals surface area contributed by atoms with Gasteiger partial charge in [-0.15, -0.1) is 0 Å². The van der Waals surface area contributed by atoms with E-state index in [0.717, 1.165) is 76.7 Å². The van der Waals surface area contributed by atoms with Crippen LogP contribution in [-0.2, 0) is 16.5 Å². The highest BCUT2D eigenvalue weighted by atomic mass is 32.1. The molecule has 2 saturated heterocycles. The quantitative estimate of drug-likeness (QED) is 0.434. The molecule has 0 N–H and O–H groups in total. The molecule has 0 spiro atoms. The lowest BCUT2D eigenvalue weighted by atomic mass is 10.1. The average molecular weight is 480 g/mol. The maximum Gasteiger partial charge on any atom is 0.150 e. The Hall–Kier alpha value is -2.82. The van der Waals surface area contributed by atoms with E-state index in [0.29, 0.717) is 13.2 Å². The van der Waals surface area contributed by atoms with E-state index in [9.17, 15) is 0 Å². The fourth-order valence-corrected chi connectivity index (χ4v) is 5.89. The molecule has 0 radical (unpaired) electrons. The van der Waals surface area contributed by atoms with Crippen LogP contribution in [0.15, 0.2) is 24.5 Å². The van der Waals surface area contributed by atoms with Crippen molar-refractivity contribution in [3.63, 3.8) is 0 Å². The third-order valence-electron chi connectivity index (χ3n) is 6.79. The first-order chi connectivity index (χ1) is 16.6. The first-order valence-electron chi connectivity index (χ1n) is 11.9. The number of nitrogens with zero attached hydrogens (tertiary/aromatic N) is 7. The van der Waals surface area contributed by atoms with Gasteiger partial charge >= 0.3 is 0 Å². The number of aromatic nitrogens is 6. The fourth-order valence-electron chi connectivity index (χ4n) is 5.05. The lowest BCUT2D eigenvalue weighted by molar-refractivity contribution is -0.0383. The van der Waals surface area contributed by atoms with E-state index in [1.54, 1.807) is 0 Å². The predicted octanol–water partition coefficient (Wildman–Crippen LogP) is 4.19. The molecule has 178 valence electrons. The van der Waals surface area contributed by atoms with Gasteiger partial charge in [0.2, 0.25) is 0 Å². The van der Waals surface area contributed by atoms with Crippen LogP contribution in [0, 0.1) is 6.92 Å². The summed E-state index contributed by atoms with van der Waals surface area (Å²) in [7, 11) is 1.99. The van der Waals surface area contributed by atoms with Gasteiger partial charge in [-0.05, 0) is 62.3 Å². The van der Waals surface area contributed by atoms with Crippen LogP contribution in [0.3, 0.4) is 0 Å². The maximum atomic E-state index is 6.04. The summed E-state index contributed by atoms with van der Waals surface area (Å²) < 4.78 is 21.6. The Morgan fingerprint density at radius 3 is 2.85 bits per heavy atom. The third-order valence-corrected chi connectivity index (χ3v) is 7.66. The van der Waals surface area contributed by atoms with Crippen molar-refractivity contribution >= 4 is 27.6 Å². The number of pyridine rings is 1. The molecule has 9 nitrogen and oxygen atoms in total. The molecule has 6 rings (SSSR count). The van der Waals surface area contributed by atoms with Crippen LogP contribution in [0.4, 0.5) is 5.82 Å². The Morgan fingerprint density at radius 2 is 2.09 bits per heavy atom. The van der Waals surface area contributed by atoms with Crippen molar-refractivity contribution in [2.75, 3.05) is 31.3 Å². The molecule has 0 saturated carbocycles. The Morgan fingerprint density at radius 1 is 1.18 bits per heavy atom. The number of hydrogen-bond donors (Lipinski definition) is 0. The van der Waals surface area contributed by atoms with Crippen LogP contribution in [0.25, 0.3) is 32.9 Å². The van der Waals surface area contributed by atoms with Gasteiger partial charge in [-0.2, -0.15) is 14.6 Å². The van der Waals surface area contributed by atoms with E-state index in [1.165, 1.54) is 11.5 Å². The molecule has 2 aliphatic rings. The molecule has 2 fully saturated rings. The standard InChI is InChI=1S/C24H29N7O2S/c1-15-13-26-29(3)23(15)17-12-19(30-9-11-32-14-16(30)2)27-22-21(28-34-24(17)22)18-7-8-25-31(18)20-6-4-5-10-33-20/h7-8,12-13,16,20H,4-6,9-11,14H2,1-3H3/t16-,20?/m1/s1. The Balaban J connectivity index is 1.55. The number of anilines is 1. The summed E-state index contributed by atoms with van der Waals surface area (Å²) in [6.45, 7) is 7.25. The molecule has 2 atom stereocenters. The summed E-state index contributed by atoms with van der Waals surface area (Å²) in [6, 6.07) is 4.46. The van der Waals surface area contributed by atoms with Gasteiger partial charge in [0, 0.05) is 32.0 Å². The SMILES string of the molecule is Cc1cnn(C)c1-c1cc(N2CCOC[C@H]2C)nc2c(-c3ccnn3C3CCCCO3)nsc12. The van der Waals surface area contributed by atoms with E-state index in [2.05, 4.69) is 35.0 Å². The molecule has 0 aromatic carbocycles. The van der Waals surface area contributed by atoms with Crippen molar-refractivity contribution in [3.8, 4) is 22.6 Å². The second-order valence-electron chi connectivity index (χ2n) is 9.14. The van der Waals surface area contributed by atoms with Gasteiger partial charge in [0.1, 0.15) is 17.0 Å². The summed E-state index contributed by atoms with van der Waals surface area (Å²) in [4.78, 5) is 7.52. The minimum Gasteiger partial charge on any atom is -0.377 e. The normalized spacial score (nSPS) is 21.4. The summed E-state index contributed by atoms with van der Waals surface area (Å²) in [6.07, 6.45) is 6.89. The van der Waals surface area contributed by atoms with Crippen molar-refractivity contribution in [2.24, 2.45) is 7.05 Å². The molecule has 10 heteroatoms. The van der Waals surface area contributed by atoms with E-state index in [4.69, 9.17) is 18.8 Å². The zero-order valence-corrected chi connectivity index (χ0v) is 20.6. The van der Waals surface area contributed by atoms with Crippen molar-refractivity contribution in [3.05, 3.63) is 30.1 Å². The number of fused-ring (bicyclic) bond motifs is 1. The molecule has 34 heavy (non-hydrogen) atoms. The van der Waals surface area contributed by atoms with Crippen LogP contribution in [-0.4, -0.2) is 61.3 Å². The van der Waals surface area contributed by atoms with Crippen molar-refractivity contribution in [1.29, 1.82) is 0 Å². The van der Waals surface area contributed by atoms with Gasteiger partial charge in [0.25, 0.3) is 0 Å². The van der Waals surface area contributed by atoms with Gasteiger partial charge in [0.15, 0.2) is 6.23 Å². The van der Waals surface area contributed by atoms with Crippen LogP contribution in [0.1, 0.15) is 38.0 Å². The molecule has 0 bridgehead atoms. The molecule has 4 aromatic heterocycles. The Kier molecular flexibility index (Phi) is 5.59. The topological polar surface area (TPSA) is 83.1 Å². The largest absolute Gasteiger partial charge is 0.377 e. The minimum atomic E-state index is -0.0586. The minimum absolute atomic E-state index is 0.0586. The van der Waals surface area contributed by atoms with Gasteiger partial charge in [0.05, 0.1) is 41.5 Å². The molecule has 0 aliphatic carbocycles. The lowest BCUT2D eigenvalue weighted by Crippen LogP contribution is -2.44. The highest BCUT2D eigenvalue weighted by Gasteiger charge is 2.27. The summed E-state index contributed by atoms with van der Waals surface area (Å²) in [5, 5.41) is 9.12. The van der Waals surface area contributed by atoms with Crippen molar-refractivity contribution < 1.29 is 9.47 Å². The zero-order valence-electron chi connectivity index (χ0n) is 19.8. The number of aryl methyl sites for hydroxylation is 2. The monoisotopic (exact) mass is 479 g/mol. The summed E-state index contributed by atoms with van der Waals surface area (Å²) >= 11 is 1.49. The molecule has 0 amide bonds. The third kappa shape index (κ3) is 3.60. The van der Waals surface area contributed by atoms with E-state index in [-0.39, 0.29) is 12.3 Å². The second kappa shape index (κ2) is 8.75. The molecular weight excluding hydrogens is 450 g/mol. The molecule has 1 unspecified atom stereocenters. The average Bonchev–Trinajstić information content (AvgIpc) is 3.58. The molecule has 6 heterocycles. The van der Waals surface area contributed by atoms with Crippen molar-refractivity contribution in [1.82, 2.24) is 28.9 Å². The molecule has 2 aliphatic heterocycles. The van der Waals surface area contributed by atoms with Gasteiger partial charge in [-0.3, -0.25) is 4.68 Å². The van der Waals surface area contributed by atoms with Gasteiger partial charge in [-0.25, -0.2) is 9.67 Å². The van der Waals surface area contributed by atoms with Crippen LogP contribution in [0.5, 0.6) is 0 Å². The highest BCUT2D eigenvalue weighted by molar-refractivity contribution is 7.14. The Labute approximate surface area is 202 Å². The second-order valence-corrected chi connectivity index (χ2v) is 9.91. The zero-order chi connectivity index (χ0) is 23.2. The van der Waals surface area contributed by atoms with E-state index in [1.807, 2.05) is 34.9 Å². The van der Waals surface area contributed by atoms with Crippen LogP contribution >= 0.6 is 11.5 Å². The number of ether oxygens (including phenoxy) is 2. The van der Waals surface area contributed by atoms with E-state index >= 15 is 0 Å². The van der Waals surface area contributed by atoms with Gasteiger partial charge < -0.3 is 14.4 Å². The molecular formula is C24H29N7O2S. The summed E-state index contributed by atoms with van der Waals surface area (Å²) in [5.74, 6) is 0.945. The smallest absolute Gasteiger partial charge is 0.150 e.